The van der Waals surface area contributed by atoms with E-state index in [2.05, 4.69) is 51.4 Å². The maximum atomic E-state index is 5.46. The lowest BCUT2D eigenvalue weighted by molar-refractivity contribution is 0.122. The normalized spacial score (nSPS) is 14.4. The van der Waals surface area contributed by atoms with E-state index >= 15 is 0 Å². The molecule has 0 saturated carbocycles. The summed E-state index contributed by atoms with van der Waals surface area (Å²) in [5.41, 5.74) is 4.11. The molecule has 1 N–H and O–H groups in total. The predicted octanol–water partition coefficient (Wildman–Crippen LogP) is 3.84. The lowest BCUT2D eigenvalue weighted by Gasteiger charge is -2.29. The van der Waals surface area contributed by atoms with E-state index in [1.165, 1.54) is 5.69 Å². The molecule has 27 heavy (non-hydrogen) atoms. The number of anilines is 2. The highest BCUT2D eigenvalue weighted by molar-refractivity contribution is 7.19. The second kappa shape index (κ2) is 8.02. The van der Waals surface area contributed by atoms with Crippen LogP contribution in [0.2, 0.25) is 0 Å². The molecule has 0 bridgehead atoms. The third-order valence-electron chi connectivity index (χ3n) is 4.49. The van der Waals surface area contributed by atoms with Crippen LogP contribution in [0.15, 0.2) is 36.5 Å². The van der Waals surface area contributed by atoms with Crippen molar-refractivity contribution in [2.45, 2.75) is 13.8 Å². The first-order valence-electron chi connectivity index (χ1n) is 9.22. The molecular formula is C20H23N5OS. The molecular weight excluding hydrogens is 358 g/mol. The van der Waals surface area contributed by atoms with Crippen molar-refractivity contribution in [3.63, 3.8) is 0 Å². The molecule has 3 heterocycles. The van der Waals surface area contributed by atoms with Gasteiger partial charge in [-0.05, 0) is 32.0 Å². The van der Waals surface area contributed by atoms with E-state index in [4.69, 9.17) is 9.72 Å². The fraction of sp³-hybridized carbons (Fsp3) is 0.350. The number of benzene rings is 1. The lowest BCUT2D eigenvalue weighted by atomic mass is 10.1. The van der Waals surface area contributed by atoms with E-state index in [-0.39, 0.29) is 0 Å². The van der Waals surface area contributed by atoms with Gasteiger partial charge >= 0.3 is 0 Å². The number of morpholine rings is 1. The third kappa shape index (κ3) is 3.94. The molecule has 1 aliphatic heterocycles. The van der Waals surface area contributed by atoms with E-state index in [0.717, 1.165) is 65.6 Å². The van der Waals surface area contributed by atoms with Gasteiger partial charge in [-0.3, -0.25) is 0 Å². The molecule has 0 amide bonds. The number of thiazole rings is 1. The van der Waals surface area contributed by atoms with Crippen molar-refractivity contribution in [3.05, 3.63) is 42.2 Å². The van der Waals surface area contributed by atoms with E-state index in [1.807, 2.05) is 19.2 Å². The second-order valence-corrected chi connectivity index (χ2v) is 7.38. The van der Waals surface area contributed by atoms with E-state index in [1.54, 1.807) is 11.3 Å². The standard InChI is InChI=1S/C20H23N5OS/c1-3-21-20-23-14(2)18(27-20)17-7-8-22-19(24-17)15-5-4-6-16(13-15)25-9-11-26-12-10-25/h4-8,13H,3,9-12H2,1-2H3,(H,21,23). The third-order valence-corrected chi connectivity index (χ3v) is 5.63. The van der Waals surface area contributed by atoms with Gasteiger partial charge in [0.15, 0.2) is 11.0 Å². The fourth-order valence-electron chi connectivity index (χ4n) is 3.15. The van der Waals surface area contributed by atoms with Crippen LogP contribution in [0.5, 0.6) is 0 Å². The number of rotatable bonds is 5. The van der Waals surface area contributed by atoms with Gasteiger partial charge in [-0.1, -0.05) is 23.5 Å². The van der Waals surface area contributed by atoms with Gasteiger partial charge in [0.2, 0.25) is 0 Å². The quantitative estimate of drug-likeness (QED) is 0.724. The summed E-state index contributed by atoms with van der Waals surface area (Å²) in [5, 5.41) is 4.21. The Morgan fingerprint density at radius 1 is 1.19 bits per heavy atom. The predicted molar refractivity (Wildman–Crippen MR) is 111 cm³/mol. The highest BCUT2D eigenvalue weighted by Crippen LogP contribution is 2.32. The molecule has 7 heteroatoms. The Kier molecular flexibility index (Phi) is 5.31. The molecule has 1 aliphatic rings. The van der Waals surface area contributed by atoms with Gasteiger partial charge in [0.05, 0.1) is 29.5 Å². The van der Waals surface area contributed by atoms with Crippen LogP contribution in [-0.2, 0) is 4.74 Å². The Morgan fingerprint density at radius 2 is 2.04 bits per heavy atom. The summed E-state index contributed by atoms with van der Waals surface area (Å²) in [6.07, 6.45) is 1.82. The smallest absolute Gasteiger partial charge is 0.183 e. The average Bonchev–Trinajstić information content (AvgIpc) is 3.09. The van der Waals surface area contributed by atoms with Gasteiger partial charge in [-0.2, -0.15) is 0 Å². The maximum absolute atomic E-state index is 5.46. The van der Waals surface area contributed by atoms with E-state index in [0.29, 0.717) is 0 Å². The summed E-state index contributed by atoms with van der Waals surface area (Å²) in [6.45, 7) is 8.32. The van der Waals surface area contributed by atoms with Crippen LogP contribution in [0.25, 0.3) is 22.0 Å². The SMILES string of the molecule is CCNc1nc(C)c(-c2ccnc(-c3cccc(N4CCOCC4)c3)n2)s1. The average molecular weight is 382 g/mol. The molecule has 0 aliphatic carbocycles. The molecule has 0 unspecified atom stereocenters. The summed E-state index contributed by atoms with van der Waals surface area (Å²) < 4.78 is 5.46. The molecule has 1 fully saturated rings. The summed E-state index contributed by atoms with van der Waals surface area (Å²) in [5.74, 6) is 0.736. The number of nitrogens with zero attached hydrogens (tertiary/aromatic N) is 4. The molecule has 0 spiro atoms. The Morgan fingerprint density at radius 3 is 2.85 bits per heavy atom. The molecule has 1 saturated heterocycles. The number of aromatic nitrogens is 3. The van der Waals surface area contributed by atoms with Gasteiger partial charge in [-0.15, -0.1) is 0 Å². The Balaban J connectivity index is 1.65. The van der Waals surface area contributed by atoms with Crippen LogP contribution in [0.3, 0.4) is 0 Å². The van der Waals surface area contributed by atoms with Gasteiger partial charge in [-0.25, -0.2) is 15.0 Å². The fourth-order valence-corrected chi connectivity index (χ4v) is 4.15. The molecule has 0 radical (unpaired) electrons. The number of ether oxygens (including phenoxy) is 1. The molecule has 6 nitrogen and oxygen atoms in total. The minimum absolute atomic E-state index is 0.736. The first kappa shape index (κ1) is 17.9. The van der Waals surface area contributed by atoms with Gasteiger partial charge < -0.3 is 15.0 Å². The van der Waals surface area contributed by atoms with Crippen LogP contribution in [-0.4, -0.2) is 47.8 Å². The molecule has 140 valence electrons. The van der Waals surface area contributed by atoms with E-state index in [9.17, 15) is 0 Å². The van der Waals surface area contributed by atoms with Crippen molar-refractivity contribution in [1.29, 1.82) is 0 Å². The van der Waals surface area contributed by atoms with Gasteiger partial charge in [0.1, 0.15) is 0 Å². The Bertz CT molecular complexity index is 920. The first-order valence-corrected chi connectivity index (χ1v) is 10.0. The highest BCUT2D eigenvalue weighted by Gasteiger charge is 2.14. The minimum atomic E-state index is 0.736. The molecule has 2 aromatic heterocycles. The molecule has 4 rings (SSSR count). The van der Waals surface area contributed by atoms with Gasteiger partial charge in [0, 0.05) is 37.1 Å². The monoisotopic (exact) mass is 381 g/mol. The largest absolute Gasteiger partial charge is 0.378 e. The topological polar surface area (TPSA) is 63.2 Å². The van der Waals surface area contributed by atoms with Crippen molar-refractivity contribution in [2.75, 3.05) is 43.1 Å². The van der Waals surface area contributed by atoms with Crippen LogP contribution >= 0.6 is 11.3 Å². The lowest BCUT2D eigenvalue weighted by Crippen LogP contribution is -2.36. The zero-order valence-electron chi connectivity index (χ0n) is 15.6. The second-order valence-electron chi connectivity index (χ2n) is 6.38. The number of hydrogen-bond donors (Lipinski definition) is 1. The number of hydrogen-bond acceptors (Lipinski definition) is 7. The van der Waals surface area contributed by atoms with Crippen molar-refractivity contribution >= 4 is 22.2 Å². The van der Waals surface area contributed by atoms with Crippen molar-refractivity contribution in [3.8, 4) is 22.0 Å². The van der Waals surface area contributed by atoms with Crippen molar-refractivity contribution in [1.82, 2.24) is 15.0 Å². The molecule has 1 aromatic carbocycles. The van der Waals surface area contributed by atoms with Crippen molar-refractivity contribution in [2.24, 2.45) is 0 Å². The van der Waals surface area contributed by atoms with Crippen LogP contribution in [0.1, 0.15) is 12.6 Å². The Labute approximate surface area is 163 Å². The summed E-state index contributed by atoms with van der Waals surface area (Å²) in [7, 11) is 0. The molecule has 0 atom stereocenters. The summed E-state index contributed by atoms with van der Waals surface area (Å²) in [4.78, 5) is 17.3. The first-order chi connectivity index (χ1) is 13.2. The zero-order chi connectivity index (χ0) is 18.6. The summed E-state index contributed by atoms with van der Waals surface area (Å²) in [6, 6.07) is 10.4. The maximum Gasteiger partial charge on any atom is 0.183 e. The molecule has 3 aromatic rings. The van der Waals surface area contributed by atoms with Crippen LogP contribution < -0.4 is 10.2 Å². The number of aryl methyl sites for hydroxylation is 1. The highest BCUT2D eigenvalue weighted by atomic mass is 32.1. The van der Waals surface area contributed by atoms with Crippen LogP contribution in [0.4, 0.5) is 10.8 Å². The van der Waals surface area contributed by atoms with E-state index < -0.39 is 0 Å². The van der Waals surface area contributed by atoms with Crippen molar-refractivity contribution < 1.29 is 4.74 Å². The Hall–Kier alpha value is -2.51. The zero-order valence-corrected chi connectivity index (χ0v) is 16.4. The summed E-state index contributed by atoms with van der Waals surface area (Å²) >= 11 is 1.63. The number of nitrogens with one attached hydrogen (secondary N) is 1. The van der Waals surface area contributed by atoms with Crippen LogP contribution in [0, 0.1) is 6.92 Å². The minimum Gasteiger partial charge on any atom is -0.378 e. The van der Waals surface area contributed by atoms with Gasteiger partial charge in [0.25, 0.3) is 0 Å².